The van der Waals surface area contributed by atoms with Gasteiger partial charge in [-0.15, -0.1) is 0 Å². The number of hydrogen-bond donors (Lipinski definition) is 1. The Labute approximate surface area is 156 Å². The maximum atomic E-state index is 12.3. The van der Waals surface area contributed by atoms with Crippen LogP contribution in [0, 0.1) is 0 Å². The SMILES string of the molecule is COc1ccc(/C=C/C(=O)Nc2ccnc3c(Cl)cccc23)cc1OC. The predicted molar refractivity (Wildman–Crippen MR) is 104 cm³/mol. The topological polar surface area (TPSA) is 60.5 Å². The van der Waals surface area contributed by atoms with Crippen LogP contribution in [0.15, 0.2) is 54.7 Å². The molecule has 0 radical (unpaired) electrons. The van der Waals surface area contributed by atoms with Gasteiger partial charge in [-0.05, 0) is 35.9 Å². The summed E-state index contributed by atoms with van der Waals surface area (Å²) < 4.78 is 10.5. The quantitative estimate of drug-likeness (QED) is 0.671. The van der Waals surface area contributed by atoms with Crippen molar-refractivity contribution in [2.24, 2.45) is 0 Å². The molecule has 3 aromatic rings. The summed E-state index contributed by atoms with van der Waals surface area (Å²) in [6, 6.07) is 12.6. The minimum atomic E-state index is -0.257. The van der Waals surface area contributed by atoms with E-state index in [2.05, 4.69) is 10.3 Å². The Morgan fingerprint density at radius 1 is 1.12 bits per heavy atom. The van der Waals surface area contributed by atoms with Gasteiger partial charge in [0, 0.05) is 17.7 Å². The third-order valence-corrected chi connectivity index (χ3v) is 4.12. The summed E-state index contributed by atoms with van der Waals surface area (Å²) in [6.45, 7) is 0. The number of pyridine rings is 1. The van der Waals surface area contributed by atoms with Crippen LogP contribution in [0.2, 0.25) is 5.02 Å². The summed E-state index contributed by atoms with van der Waals surface area (Å²) in [7, 11) is 3.14. The van der Waals surface area contributed by atoms with Gasteiger partial charge in [-0.1, -0.05) is 29.8 Å². The Kier molecular flexibility index (Phi) is 5.39. The molecule has 0 aliphatic rings. The molecule has 0 aliphatic carbocycles. The summed E-state index contributed by atoms with van der Waals surface area (Å²) in [5.74, 6) is 0.978. The first-order chi connectivity index (χ1) is 12.6. The number of nitrogens with one attached hydrogen (secondary N) is 1. The summed E-state index contributed by atoms with van der Waals surface area (Å²) in [5.41, 5.74) is 2.12. The molecule has 0 unspecified atom stereocenters. The summed E-state index contributed by atoms with van der Waals surface area (Å²) in [5, 5.41) is 4.18. The second-order valence-corrected chi connectivity index (χ2v) is 5.84. The lowest BCUT2D eigenvalue weighted by Gasteiger charge is -2.08. The molecular weight excluding hydrogens is 352 g/mol. The van der Waals surface area contributed by atoms with Gasteiger partial charge in [-0.3, -0.25) is 9.78 Å². The zero-order chi connectivity index (χ0) is 18.5. The molecule has 0 saturated heterocycles. The van der Waals surface area contributed by atoms with Crippen molar-refractivity contribution in [1.82, 2.24) is 4.98 Å². The van der Waals surface area contributed by atoms with E-state index in [0.717, 1.165) is 10.9 Å². The molecule has 0 fully saturated rings. The highest BCUT2D eigenvalue weighted by Gasteiger charge is 2.07. The van der Waals surface area contributed by atoms with E-state index in [-0.39, 0.29) is 5.91 Å². The molecule has 132 valence electrons. The van der Waals surface area contributed by atoms with E-state index in [0.29, 0.717) is 27.7 Å². The maximum absolute atomic E-state index is 12.3. The van der Waals surface area contributed by atoms with Gasteiger partial charge >= 0.3 is 0 Å². The Balaban J connectivity index is 1.79. The average Bonchev–Trinajstić information content (AvgIpc) is 2.67. The molecule has 1 N–H and O–H groups in total. The number of anilines is 1. The number of rotatable bonds is 5. The van der Waals surface area contributed by atoms with E-state index in [1.54, 1.807) is 50.8 Å². The van der Waals surface area contributed by atoms with Crippen molar-refractivity contribution in [3.63, 3.8) is 0 Å². The second-order valence-electron chi connectivity index (χ2n) is 5.43. The molecule has 0 spiro atoms. The van der Waals surface area contributed by atoms with Crippen LogP contribution in [0.4, 0.5) is 5.69 Å². The molecule has 0 atom stereocenters. The van der Waals surface area contributed by atoms with Gasteiger partial charge < -0.3 is 14.8 Å². The molecule has 1 heterocycles. The van der Waals surface area contributed by atoms with Crippen LogP contribution in [0.1, 0.15) is 5.56 Å². The Hall–Kier alpha value is -3.05. The highest BCUT2D eigenvalue weighted by Crippen LogP contribution is 2.28. The fourth-order valence-electron chi connectivity index (χ4n) is 2.55. The van der Waals surface area contributed by atoms with E-state index in [4.69, 9.17) is 21.1 Å². The highest BCUT2D eigenvalue weighted by atomic mass is 35.5. The molecule has 2 aromatic carbocycles. The molecule has 6 heteroatoms. The van der Waals surface area contributed by atoms with E-state index < -0.39 is 0 Å². The second kappa shape index (κ2) is 7.89. The van der Waals surface area contributed by atoms with Crippen LogP contribution in [0.25, 0.3) is 17.0 Å². The molecular formula is C20H17ClN2O3. The Morgan fingerprint density at radius 3 is 2.69 bits per heavy atom. The van der Waals surface area contributed by atoms with Gasteiger partial charge in [-0.25, -0.2) is 0 Å². The van der Waals surface area contributed by atoms with Crippen LogP contribution in [-0.4, -0.2) is 25.1 Å². The van der Waals surface area contributed by atoms with Gasteiger partial charge in [-0.2, -0.15) is 0 Å². The molecule has 0 saturated carbocycles. The van der Waals surface area contributed by atoms with Crippen molar-refractivity contribution < 1.29 is 14.3 Å². The van der Waals surface area contributed by atoms with E-state index in [9.17, 15) is 4.79 Å². The number of halogens is 1. The van der Waals surface area contributed by atoms with Crippen molar-refractivity contribution in [1.29, 1.82) is 0 Å². The third-order valence-electron chi connectivity index (χ3n) is 3.81. The van der Waals surface area contributed by atoms with E-state index >= 15 is 0 Å². The molecule has 5 nitrogen and oxygen atoms in total. The zero-order valence-electron chi connectivity index (χ0n) is 14.3. The molecule has 26 heavy (non-hydrogen) atoms. The van der Waals surface area contributed by atoms with Gasteiger partial charge in [0.1, 0.15) is 0 Å². The molecule has 0 bridgehead atoms. The van der Waals surface area contributed by atoms with Gasteiger partial charge in [0.15, 0.2) is 11.5 Å². The maximum Gasteiger partial charge on any atom is 0.248 e. The number of aromatic nitrogens is 1. The predicted octanol–water partition coefficient (Wildman–Crippen LogP) is 4.56. The van der Waals surface area contributed by atoms with Crippen LogP contribution in [-0.2, 0) is 4.79 Å². The minimum Gasteiger partial charge on any atom is -0.493 e. The van der Waals surface area contributed by atoms with Crippen molar-refractivity contribution in [2.75, 3.05) is 19.5 Å². The fourth-order valence-corrected chi connectivity index (χ4v) is 2.78. The minimum absolute atomic E-state index is 0.257. The number of nitrogens with zero attached hydrogens (tertiary/aromatic N) is 1. The van der Waals surface area contributed by atoms with Crippen LogP contribution in [0.3, 0.4) is 0 Å². The van der Waals surface area contributed by atoms with Gasteiger partial charge in [0.2, 0.25) is 5.91 Å². The zero-order valence-corrected chi connectivity index (χ0v) is 15.1. The van der Waals surface area contributed by atoms with E-state index in [1.165, 1.54) is 6.08 Å². The lowest BCUT2D eigenvalue weighted by atomic mass is 10.1. The number of methoxy groups -OCH3 is 2. The lowest BCUT2D eigenvalue weighted by Crippen LogP contribution is -2.08. The van der Waals surface area contributed by atoms with Crippen molar-refractivity contribution in [3.05, 3.63) is 65.3 Å². The smallest absolute Gasteiger partial charge is 0.248 e. The number of amides is 1. The Bertz CT molecular complexity index is 986. The summed E-state index contributed by atoms with van der Waals surface area (Å²) in [4.78, 5) is 16.5. The normalized spacial score (nSPS) is 10.9. The first kappa shape index (κ1) is 17.8. The first-order valence-electron chi connectivity index (χ1n) is 7.86. The number of ether oxygens (including phenoxy) is 2. The highest BCUT2D eigenvalue weighted by molar-refractivity contribution is 6.35. The van der Waals surface area contributed by atoms with Gasteiger partial charge in [0.25, 0.3) is 0 Å². The van der Waals surface area contributed by atoms with E-state index in [1.807, 2.05) is 18.2 Å². The largest absolute Gasteiger partial charge is 0.493 e. The number of fused-ring (bicyclic) bond motifs is 1. The molecule has 1 amide bonds. The standard InChI is InChI=1S/C20H17ClN2O3/c1-25-17-8-6-13(12-18(17)26-2)7-9-19(24)23-16-10-11-22-20-14(16)4-3-5-15(20)21/h3-12H,1-2H3,(H,22,23,24)/b9-7+. The average molecular weight is 369 g/mol. The van der Waals surface area contributed by atoms with Crippen LogP contribution in [0.5, 0.6) is 11.5 Å². The molecule has 3 rings (SSSR count). The number of carbonyl (C=O) groups excluding carboxylic acids is 1. The number of hydrogen-bond acceptors (Lipinski definition) is 4. The van der Waals surface area contributed by atoms with Gasteiger partial charge in [0.05, 0.1) is 30.4 Å². The first-order valence-corrected chi connectivity index (χ1v) is 8.24. The van der Waals surface area contributed by atoms with Crippen molar-refractivity contribution in [2.45, 2.75) is 0 Å². The molecule has 0 aliphatic heterocycles. The number of benzene rings is 2. The molecule has 1 aromatic heterocycles. The summed E-state index contributed by atoms with van der Waals surface area (Å²) in [6.07, 6.45) is 4.77. The Morgan fingerprint density at radius 2 is 1.92 bits per heavy atom. The van der Waals surface area contributed by atoms with Crippen LogP contribution >= 0.6 is 11.6 Å². The number of carbonyl (C=O) groups is 1. The van der Waals surface area contributed by atoms with Crippen molar-refractivity contribution in [3.8, 4) is 11.5 Å². The number of para-hydroxylation sites is 1. The van der Waals surface area contributed by atoms with Crippen LogP contribution < -0.4 is 14.8 Å². The van der Waals surface area contributed by atoms with Crippen molar-refractivity contribution >= 4 is 40.2 Å². The monoisotopic (exact) mass is 368 g/mol. The fraction of sp³-hybridized carbons (Fsp3) is 0.100. The third kappa shape index (κ3) is 3.78. The lowest BCUT2D eigenvalue weighted by molar-refractivity contribution is -0.111. The summed E-state index contributed by atoms with van der Waals surface area (Å²) >= 11 is 6.15.